The Hall–Kier alpha value is -2.19. The van der Waals surface area contributed by atoms with Crippen molar-refractivity contribution in [1.82, 2.24) is 20.4 Å². The minimum Gasteiger partial charge on any atom is -0.368 e. The van der Waals surface area contributed by atoms with Crippen LogP contribution in [0.2, 0.25) is 0 Å². The van der Waals surface area contributed by atoms with E-state index < -0.39 is 5.60 Å². The van der Waals surface area contributed by atoms with Crippen molar-refractivity contribution in [2.24, 2.45) is 0 Å². The predicted molar refractivity (Wildman–Crippen MR) is 93.7 cm³/mol. The highest BCUT2D eigenvalue weighted by atomic mass is 32.1. The van der Waals surface area contributed by atoms with E-state index in [9.17, 15) is 9.59 Å². The molecule has 132 valence electrons. The summed E-state index contributed by atoms with van der Waals surface area (Å²) in [4.78, 5) is 27.1. The maximum atomic E-state index is 12.6. The summed E-state index contributed by atoms with van der Waals surface area (Å²) >= 11 is 1.74. The normalized spacial score (nSPS) is 22.2. The second-order valence-corrected chi connectivity index (χ2v) is 7.62. The Morgan fingerprint density at radius 2 is 2.40 bits per heavy atom. The van der Waals surface area contributed by atoms with E-state index >= 15 is 0 Å². The first-order valence-electron chi connectivity index (χ1n) is 8.36. The number of nitrogens with zero attached hydrogens (tertiary/aromatic N) is 2. The predicted octanol–water partition coefficient (Wildman–Crippen LogP) is 1.39. The molecule has 25 heavy (non-hydrogen) atoms. The first-order valence-corrected chi connectivity index (χ1v) is 9.24. The molecule has 0 bridgehead atoms. The molecule has 4 rings (SSSR count). The van der Waals surface area contributed by atoms with Crippen LogP contribution in [0.25, 0.3) is 0 Å². The molecule has 2 N–H and O–H groups in total. The van der Waals surface area contributed by atoms with Crippen LogP contribution in [0, 0.1) is 0 Å². The molecular formula is C17H20N4O3S. The summed E-state index contributed by atoms with van der Waals surface area (Å²) in [7, 11) is 0. The minimum atomic E-state index is -0.490. The van der Waals surface area contributed by atoms with Gasteiger partial charge in [-0.1, -0.05) is 0 Å². The quantitative estimate of drug-likeness (QED) is 0.847. The molecule has 1 unspecified atom stereocenters. The van der Waals surface area contributed by atoms with E-state index in [-0.39, 0.29) is 11.6 Å². The molecule has 2 aromatic rings. The van der Waals surface area contributed by atoms with Crippen molar-refractivity contribution >= 4 is 17.4 Å². The number of thiophene rings is 1. The number of hydrogen-bond donors (Lipinski definition) is 2. The van der Waals surface area contributed by atoms with E-state index in [1.54, 1.807) is 16.2 Å². The topological polar surface area (TPSA) is 87.3 Å². The van der Waals surface area contributed by atoms with Crippen LogP contribution >= 0.6 is 11.3 Å². The van der Waals surface area contributed by atoms with Crippen molar-refractivity contribution in [3.05, 3.63) is 49.6 Å². The van der Waals surface area contributed by atoms with Crippen LogP contribution in [-0.2, 0) is 29.7 Å². The first-order chi connectivity index (χ1) is 12.0. The van der Waals surface area contributed by atoms with Gasteiger partial charge in [-0.15, -0.1) is 11.3 Å². The molecule has 2 aromatic heterocycles. The third-order valence-corrected chi connectivity index (χ3v) is 5.87. The lowest BCUT2D eigenvalue weighted by Gasteiger charge is -2.35. The summed E-state index contributed by atoms with van der Waals surface area (Å²) in [6.07, 6.45) is 1.57. The Labute approximate surface area is 149 Å². The summed E-state index contributed by atoms with van der Waals surface area (Å²) in [5, 5.41) is 11.6. The molecule has 7 nitrogen and oxygen atoms in total. The van der Waals surface area contributed by atoms with Crippen molar-refractivity contribution in [2.75, 3.05) is 19.7 Å². The lowest BCUT2D eigenvalue weighted by atomic mass is 9.93. The Bertz CT molecular complexity index is 862. The number of aromatic nitrogens is 2. The molecule has 0 fully saturated rings. The maximum Gasteiger partial charge on any atom is 0.317 e. The molecule has 2 amide bonds. The smallest absolute Gasteiger partial charge is 0.317 e. The number of rotatable bonds is 2. The molecule has 0 radical (unpaired) electrons. The van der Waals surface area contributed by atoms with Gasteiger partial charge in [0.25, 0.3) is 5.56 Å². The molecule has 2 aliphatic heterocycles. The molecule has 2 aliphatic rings. The number of amides is 2. The van der Waals surface area contributed by atoms with Crippen LogP contribution in [-0.4, -0.2) is 40.8 Å². The summed E-state index contributed by atoms with van der Waals surface area (Å²) in [6, 6.07) is 3.46. The SMILES string of the molecule is CC1(CNC(=O)N2CCc3n[nH]c(=O)cc3C2)OCCc2sccc21. The standard InChI is InChI=1S/C17H20N4O3S/c1-17(12-4-7-25-14(12)3-6-24-17)10-18-16(23)21-5-2-13-11(9-21)8-15(22)20-19-13/h4,7-8H,2-3,5-6,9-10H2,1H3,(H,18,23)(H,20,22). The molecule has 4 heterocycles. The van der Waals surface area contributed by atoms with Crippen LogP contribution in [0.1, 0.15) is 28.6 Å². The molecular weight excluding hydrogens is 340 g/mol. The number of H-pyrrole nitrogens is 1. The molecule has 0 aliphatic carbocycles. The van der Waals surface area contributed by atoms with Gasteiger partial charge in [0.05, 0.1) is 18.8 Å². The van der Waals surface area contributed by atoms with Gasteiger partial charge in [-0.05, 0) is 23.9 Å². The van der Waals surface area contributed by atoms with E-state index in [1.165, 1.54) is 16.5 Å². The average molecular weight is 360 g/mol. The van der Waals surface area contributed by atoms with Crippen LogP contribution in [0.5, 0.6) is 0 Å². The van der Waals surface area contributed by atoms with E-state index in [4.69, 9.17) is 4.74 Å². The molecule has 8 heteroatoms. The number of urea groups is 1. The molecule has 0 saturated heterocycles. The number of hydrogen-bond acceptors (Lipinski definition) is 5. The average Bonchev–Trinajstić information content (AvgIpc) is 3.09. The monoisotopic (exact) mass is 360 g/mol. The van der Waals surface area contributed by atoms with Gasteiger partial charge in [-0.25, -0.2) is 9.89 Å². The number of carbonyl (C=O) groups excluding carboxylic acids is 1. The summed E-state index contributed by atoms with van der Waals surface area (Å²) in [5.41, 5.74) is 2.10. The summed E-state index contributed by atoms with van der Waals surface area (Å²) in [5.74, 6) is 0. The van der Waals surface area contributed by atoms with Crippen molar-refractivity contribution in [3.8, 4) is 0 Å². The van der Waals surface area contributed by atoms with Gasteiger partial charge >= 0.3 is 6.03 Å². The Kier molecular flexibility index (Phi) is 4.09. The maximum absolute atomic E-state index is 12.6. The number of ether oxygens (including phenoxy) is 1. The fourth-order valence-electron chi connectivity index (χ4n) is 3.47. The lowest BCUT2D eigenvalue weighted by molar-refractivity contribution is -0.0424. The van der Waals surface area contributed by atoms with Crippen molar-refractivity contribution in [3.63, 3.8) is 0 Å². The van der Waals surface area contributed by atoms with Gasteiger partial charge in [-0.2, -0.15) is 5.10 Å². The van der Waals surface area contributed by atoms with Gasteiger partial charge in [0.2, 0.25) is 0 Å². The Morgan fingerprint density at radius 3 is 3.28 bits per heavy atom. The third kappa shape index (κ3) is 3.07. The molecule has 0 spiro atoms. The largest absolute Gasteiger partial charge is 0.368 e. The zero-order chi connectivity index (χ0) is 17.4. The highest BCUT2D eigenvalue weighted by Gasteiger charge is 2.35. The lowest BCUT2D eigenvalue weighted by Crippen LogP contribution is -2.49. The van der Waals surface area contributed by atoms with Gasteiger partial charge in [0, 0.05) is 42.4 Å². The third-order valence-electron chi connectivity index (χ3n) is 4.89. The van der Waals surface area contributed by atoms with E-state index in [2.05, 4.69) is 27.0 Å². The minimum absolute atomic E-state index is 0.141. The van der Waals surface area contributed by atoms with Gasteiger partial charge in [-0.3, -0.25) is 4.79 Å². The van der Waals surface area contributed by atoms with E-state index in [1.807, 2.05) is 6.92 Å². The summed E-state index contributed by atoms with van der Waals surface area (Å²) < 4.78 is 5.98. The number of fused-ring (bicyclic) bond motifs is 2. The fourth-order valence-corrected chi connectivity index (χ4v) is 4.46. The van der Waals surface area contributed by atoms with Crippen LogP contribution < -0.4 is 10.9 Å². The van der Waals surface area contributed by atoms with E-state index in [0.717, 1.165) is 17.7 Å². The number of carbonyl (C=O) groups is 1. The zero-order valence-corrected chi connectivity index (χ0v) is 14.8. The second-order valence-electron chi connectivity index (χ2n) is 6.62. The van der Waals surface area contributed by atoms with Crippen molar-refractivity contribution < 1.29 is 9.53 Å². The van der Waals surface area contributed by atoms with Crippen LogP contribution in [0.15, 0.2) is 22.3 Å². The van der Waals surface area contributed by atoms with Gasteiger partial charge in [0.1, 0.15) is 5.60 Å². The Morgan fingerprint density at radius 1 is 1.52 bits per heavy atom. The van der Waals surface area contributed by atoms with Gasteiger partial charge in [0.15, 0.2) is 0 Å². The molecule has 1 atom stereocenters. The highest BCUT2D eigenvalue weighted by molar-refractivity contribution is 7.10. The highest BCUT2D eigenvalue weighted by Crippen LogP contribution is 2.35. The fraction of sp³-hybridized carbons (Fsp3) is 0.471. The zero-order valence-electron chi connectivity index (χ0n) is 14.0. The Balaban J connectivity index is 1.43. The van der Waals surface area contributed by atoms with Crippen molar-refractivity contribution in [1.29, 1.82) is 0 Å². The number of aromatic amines is 1. The van der Waals surface area contributed by atoms with Gasteiger partial charge < -0.3 is 15.0 Å². The molecule has 0 saturated carbocycles. The van der Waals surface area contributed by atoms with Crippen LogP contribution in [0.4, 0.5) is 4.79 Å². The first kappa shape index (κ1) is 16.3. The van der Waals surface area contributed by atoms with Crippen molar-refractivity contribution in [2.45, 2.75) is 31.9 Å². The van der Waals surface area contributed by atoms with E-state index in [0.29, 0.717) is 32.7 Å². The molecule has 0 aromatic carbocycles. The second kappa shape index (κ2) is 6.27. The van der Waals surface area contributed by atoms with Crippen LogP contribution in [0.3, 0.4) is 0 Å². The number of nitrogens with one attached hydrogen (secondary N) is 2. The summed E-state index contributed by atoms with van der Waals surface area (Å²) in [6.45, 7) is 4.10.